The maximum absolute atomic E-state index is 12.0. The Morgan fingerprint density at radius 1 is 1.27 bits per heavy atom. The normalized spacial score (nSPS) is 11.8. The summed E-state index contributed by atoms with van der Waals surface area (Å²) >= 11 is 0. The van der Waals surface area contributed by atoms with Crippen molar-refractivity contribution in [3.63, 3.8) is 0 Å². The molecule has 0 aliphatic carbocycles. The van der Waals surface area contributed by atoms with Crippen LogP contribution < -0.4 is 14.8 Å². The van der Waals surface area contributed by atoms with Crippen molar-refractivity contribution in [2.24, 2.45) is 0 Å². The number of carbonyl (C=O) groups is 1. The molecule has 118 valence electrons. The number of amides is 1. The highest BCUT2D eigenvalue weighted by molar-refractivity contribution is 5.92. The van der Waals surface area contributed by atoms with Crippen molar-refractivity contribution in [2.45, 2.75) is 26.3 Å². The van der Waals surface area contributed by atoms with Crippen LogP contribution in [0.4, 0.5) is 0 Å². The van der Waals surface area contributed by atoms with E-state index in [1.54, 1.807) is 32.4 Å². The number of hydrogen-bond donors (Lipinski definition) is 1. The zero-order chi connectivity index (χ0) is 16.1. The van der Waals surface area contributed by atoms with Gasteiger partial charge < -0.3 is 19.3 Å². The summed E-state index contributed by atoms with van der Waals surface area (Å²) in [4.78, 5) is 12.0. The molecule has 2 rings (SSSR count). The van der Waals surface area contributed by atoms with Crippen LogP contribution in [0.3, 0.4) is 0 Å². The Labute approximate surface area is 129 Å². The molecule has 1 atom stereocenters. The lowest BCUT2D eigenvalue weighted by atomic mass is 10.1. The summed E-state index contributed by atoms with van der Waals surface area (Å²) in [6.45, 7) is 3.93. The van der Waals surface area contributed by atoms with Gasteiger partial charge in [-0.05, 0) is 31.5 Å². The van der Waals surface area contributed by atoms with Crippen molar-refractivity contribution in [3.05, 3.63) is 30.0 Å². The van der Waals surface area contributed by atoms with Crippen LogP contribution in [0, 0.1) is 0 Å². The number of carbonyl (C=O) groups excluding carboxylic acids is 1. The van der Waals surface area contributed by atoms with E-state index in [0.29, 0.717) is 17.2 Å². The van der Waals surface area contributed by atoms with Crippen LogP contribution in [0.25, 0.3) is 11.3 Å². The van der Waals surface area contributed by atoms with Gasteiger partial charge in [-0.3, -0.25) is 4.79 Å². The molecule has 0 aliphatic rings. The first-order valence-electron chi connectivity index (χ1n) is 7.09. The molecule has 1 aromatic heterocycles. The zero-order valence-corrected chi connectivity index (χ0v) is 13.2. The standard InChI is InChI=1S/C16H20N2O4/c1-5-10(2)17-16(19)15-9-12(18-22-15)11-6-7-13(20-3)14(8-11)21-4/h6-10H,5H2,1-4H3,(H,17,19)/t10-/m0/s1. The van der Waals surface area contributed by atoms with Gasteiger partial charge in [0.05, 0.1) is 14.2 Å². The van der Waals surface area contributed by atoms with Crippen molar-refractivity contribution < 1.29 is 18.8 Å². The van der Waals surface area contributed by atoms with Crippen molar-refractivity contribution >= 4 is 5.91 Å². The highest BCUT2D eigenvalue weighted by atomic mass is 16.5. The predicted molar refractivity (Wildman–Crippen MR) is 82.3 cm³/mol. The van der Waals surface area contributed by atoms with E-state index in [9.17, 15) is 4.79 Å². The largest absolute Gasteiger partial charge is 0.493 e. The molecule has 0 saturated carbocycles. The third kappa shape index (κ3) is 3.39. The number of nitrogens with zero attached hydrogens (tertiary/aromatic N) is 1. The Bertz CT molecular complexity index is 651. The highest BCUT2D eigenvalue weighted by Gasteiger charge is 2.16. The van der Waals surface area contributed by atoms with Gasteiger partial charge in [0.25, 0.3) is 5.91 Å². The Balaban J connectivity index is 2.22. The monoisotopic (exact) mass is 304 g/mol. The highest BCUT2D eigenvalue weighted by Crippen LogP contribution is 2.31. The van der Waals surface area contributed by atoms with Gasteiger partial charge in [-0.1, -0.05) is 12.1 Å². The van der Waals surface area contributed by atoms with E-state index >= 15 is 0 Å². The van der Waals surface area contributed by atoms with Crippen molar-refractivity contribution in [1.82, 2.24) is 10.5 Å². The number of hydrogen-bond acceptors (Lipinski definition) is 5. The van der Waals surface area contributed by atoms with Gasteiger partial charge >= 0.3 is 0 Å². The first-order valence-corrected chi connectivity index (χ1v) is 7.09. The quantitative estimate of drug-likeness (QED) is 0.888. The minimum atomic E-state index is -0.270. The smallest absolute Gasteiger partial charge is 0.290 e. The van der Waals surface area contributed by atoms with Crippen LogP contribution in [0.5, 0.6) is 11.5 Å². The number of ether oxygens (including phenoxy) is 2. The molecule has 22 heavy (non-hydrogen) atoms. The average molecular weight is 304 g/mol. The first kappa shape index (κ1) is 15.9. The second kappa shape index (κ2) is 6.98. The van der Waals surface area contributed by atoms with E-state index in [-0.39, 0.29) is 17.7 Å². The summed E-state index contributed by atoms with van der Waals surface area (Å²) in [5.41, 5.74) is 1.35. The number of methoxy groups -OCH3 is 2. The van der Waals surface area contributed by atoms with E-state index in [0.717, 1.165) is 12.0 Å². The zero-order valence-electron chi connectivity index (χ0n) is 13.2. The van der Waals surface area contributed by atoms with Crippen LogP contribution in [0.15, 0.2) is 28.8 Å². The predicted octanol–water partition coefficient (Wildman–Crippen LogP) is 2.89. The van der Waals surface area contributed by atoms with E-state index in [2.05, 4.69) is 10.5 Å². The van der Waals surface area contributed by atoms with Crippen molar-refractivity contribution in [2.75, 3.05) is 14.2 Å². The van der Waals surface area contributed by atoms with Crippen LogP contribution in [0.2, 0.25) is 0 Å². The second-order valence-electron chi connectivity index (χ2n) is 4.93. The number of rotatable bonds is 6. The molecule has 0 aliphatic heterocycles. The lowest BCUT2D eigenvalue weighted by Gasteiger charge is -2.08. The molecule has 1 heterocycles. The lowest BCUT2D eigenvalue weighted by Crippen LogP contribution is -2.31. The summed E-state index contributed by atoms with van der Waals surface area (Å²) in [6, 6.07) is 7.09. The summed E-state index contributed by atoms with van der Waals surface area (Å²) in [7, 11) is 3.14. The van der Waals surface area contributed by atoms with Gasteiger partial charge in [-0.2, -0.15) is 0 Å². The summed E-state index contributed by atoms with van der Waals surface area (Å²) in [5.74, 6) is 1.14. The Morgan fingerprint density at radius 2 is 2.00 bits per heavy atom. The SMILES string of the molecule is CC[C@H](C)NC(=O)c1cc(-c2ccc(OC)c(OC)c2)no1. The number of nitrogens with one attached hydrogen (secondary N) is 1. The first-order chi connectivity index (χ1) is 10.6. The van der Waals surface area contributed by atoms with Crippen LogP contribution >= 0.6 is 0 Å². The third-order valence-corrected chi connectivity index (χ3v) is 3.40. The molecule has 0 radical (unpaired) electrons. The van der Waals surface area contributed by atoms with Crippen molar-refractivity contribution in [1.29, 1.82) is 0 Å². The maximum Gasteiger partial charge on any atom is 0.290 e. The minimum Gasteiger partial charge on any atom is -0.493 e. The van der Waals surface area contributed by atoms with Gasteiger partial charge in [0.15, 0.2) is 11.5 Å². The van der Waals surface area contributed by atoms with Gasteiger partial charge in [0.1, 0.15) is 5.69 Å². The van der Waals surface area contributed by atoms with Gasteiger partial charge in [-0.15, -0.1) is 0 Å². The molecule has 0 unspecified atom stereocenters. The molecule has 6 nitrogen and oxygen atoms in total. The third-order valence-electron chi connectivity index (χ3n) is 3.40. The molecule has 1 amide bonds. The number of aromatic nitrogens is 1. The Kier molecular flexibility index (Phi) is 5.04. The maximum atomic E-state index is 12.0. The summed E-state index contributed by atoms with van der Waals surface area (Å²) in [5, 5.41) is 6.77. The Morgan fingerprint density at radius 3 is 2.64 bits per heavy atom. The molecule has 6 heteroatoms. The summed E-state index contributed by atoms with van der Waals surface area (Å²) < 4.78 is 15.6. The van der Waals surface area contributed by atoms with Gasteiger partial charge in [0.2, 0.25) is 5.76 Å². The fourth-order valence-corrected chi connectivity index (χ4v) is 1.91. The molecule has 2 aromatic rings. The van der Waals surface area contributed by atoms with E-state index in [1.807, 2.05) is 19.9 Å². The molecule has 1 aromatic carbocycles. The molecule has 0 fully saturated rings. The topological polar surface area (TPSA) is 73.6 Å². The van der Waals surface area contributed by atoms with E-state index in [4.69, 9.17) is 14.0 Å². The fourth-order valence-electron chi connectivity index (χ4n) is 1.91. The van der Waals surface area contributed by atoms with Gasteiger partial charge in [-0.25, -0.2) is 0 Å². The van der Waals surface area contributed by atoms with Gasteiger partial charge in [0, 0.05) is 17.7 Å². The van der Waals surface area contributed by atoms with Crippen LogP contribution in [-0.2, 0) is 0 Å². The van der Waals surface area contributed by atoms with E-state index in [1.165, 1.54) is 0 Å². The molecule has 0 bridgehead atoms. The summed E-state index contributed by atoms with van der Waals surface area (Å²) in [6.07, 6.45) is 0.850. The molecule has 0 spiro atoms. The van der Waals surface area contributed by atoms with Crippen LogP contribution in [0.1, 0.15) is 30.8 Å². The molecular weight excluding hydrogens is 284 g/mol. The average Bonchev–Trinajstić information content (AvgIpc) is 3.04. The molecular formula is C16H20N2O4. The lowest BCUT2D eigenvalue weighted by molar-refractivity contribution is 0.0902. The second-order valence-corrected chi connectivity index (χ2v) is 4.93. The fraction of sp³-hybridized carbons (Fsp3) is 0.375. The van der Waals surface area contributed by atoms with Crippen LogP contribution in [-0.4, -0.2) is 31.3 Å². The molecule has 0 saturated heterocycles. The number of benzene rings is 1. The van der Waals surface area contributed by atoms with Crippen molar-refractivity contribution in [3.8, 4) is 22.8 Å². The minimum absolute atomic E-state index is 0.0853. The van der Waals surface area contributed by atoms with E-state index < -0.39 is 0 Å². The Hall–Kier alpha value is -2.50. The molecule has 1 N–H and O–H groups in total.